The van der Waals surface area contributed by atoms with Crippen LogP contribution in [-0.4, -0.2) is 30.0 Å². The number of nitrogens with zero attached hydrogens (tertiary/aromatic N) is 1. The van der Waals surface area contributed by atoms with Gasteiger partial charge >= 0.3 is 5.97 Å². The molecule has 1 unspecified atom stereocenters. The number of carbonyl (C=O) groups is 2. The maximum Gasteiger partial charge on any atom is 0.361 e. The van der Waals surface area contributed by atoms with Crippen LogP contribution < -0.4 is 5.32 Å². The molecule has 0 aliphatic carbocycles. The molecule has 1 saturated heterocycles. The van der Waals surface area contributed by atoms with E-state index in [9.17, 15) is 9.59 Å². The third-order valence-electron chi connectivity index (χ3n) is 3.48. The number of aromatic nitrogens is 1. The first-order valence-corrected chi connectivity index (χ1v) is 7.10. The predicted molar refractivity (Wildman–Crippen MR) is 78.1 cm³/mol. The van der Waals surface area contributed by atoms with Crippen molar-refractivity contribution in [2.45, 2.75) is 13.3 Å². The van der Waals surface area contributed by atoms with Crippen LogP contribution >= 0.6 is 0 Å². The zero-order valence-electron chi connectivity index (χ0n) is 12.2. The van der Waals surface area contributed by atoms with Crippen LogP contribution in [-0.2, 0) is 9.53 Å². The third kappa shape index (κ3) is 3.00. The van der Waals surface area contributed by atoms with E-state index in [0.29, 0.717) is 24.6 Å². The van der Waals surface area contributed by atoms with Gasteiger partial charge in [-0.05, 0) is 0 Å². The molecule has 2 heterocycles. The lowest BCUT2D eigenvalue weighted by molar-refractivity contribution is -0.119. The summed E-state index contributed by atoms with van der Waals surface area (Å²) in [5, 5.41) is 2.71. The van der Waals surface area contributed by atoms with Crippen molar-refractivity contribution in [1.82, 2.24) is 10.3 Å². The van der Waals surface area contributed by atoms with Crippen LogP contribution in [0.3, 0.4) is 0 Å². The fourth-order valence-corrected chi connectivity index (χ4v) is 2.40. The van der Waals surface area contributed by atoms with Gasteiger partial charge in [-0.1, -0.05) is 30.3 Å². The van der Waals surface area contributed by atoms with Gasteiger partial charge in [0.2, 0.25) is 5.91 Å². The summed E-state index contributed by atoms with van der Waals surface area (Å²) in [4.78, 5) is 27.5. The van der Waals surface area contributed by atoms with Crippen molar-refractivity contribution in [3.05, 3.63) is 41.9 Å². The number of rotatable bonds is 4. The fraction of sp³-hybridized carbons (Fsp3) is 0.312. The summed E-state index contributed by atoms with van der Waals surface area (Å²) in [6, 6.07) is 9.29. The lowest BCUT2D eigenvalue weighted by atomic mass is 10.1. The van der Waals surface area contributed by atoms with Crippen molar-refractivity contribution >= 4 is 11.9 Å². The van der Waals surface area contributed by atoms with Crippen molar-refractivity contribution in [2.75, 3.05) is 13.2 Å². The van der Waals surface area contributed by atoms with E-state index in [1.54, 1.807) is 6.92 Å². The Hall–Kier alpha value is -2.63. The molecule has 1 N–H and O–H groups in total. The highest BCUT2D eigenvalue weighted by atomic mass is 16.5. The van der Waals surface area contributed by atoms with Crippen LogP contribution in [0.1, 0.15) is 22.8 Å². The highest BCUT2D eigenvalue weighted by Crippen LogP contribution is 2.25. The van der Waals surface area contributed by atoms with E-state index >= 15 is 0 Å². The molecule has 6 heteroatoms. The summed E-state index contributed by atoms with van der Waals surface area (Å²) in [6.07, 6.45) is 0.386. The van der Waals surface area contributed by atoms with Crippen LogP contribution in [0, 0.1) is 12.8 Å². The molecule has 0 radical (unpaired) electrons. The van der Waals surface area contributed by atoms with E-state index in [0.717, 1.165) is 5.56 Å². The second kappa shape index (κ2) is 6.01. The normalized spacial score (nSPS) is 17.3. The molecule has 0 spiro atoms. The van der Waals surface area contributed by atoms with Gasteiger partial charge in [0, 0.05) is 31.4 Å². The van der Waals surface area contributed by atoms with Gasteiger partial charge in [-0.3, -0.25) is 4.79 Å². The Balaban J connectivity index is 1.74. The standard InChI is InChI=1S/C16H16N2O4/c1-10-18-14(15(22-10)12-5-3-2-4-6-12)16(20)21-9-11-7-13(19)17-8-11/h2-6,11H,7-9H2,1H3,(H,17,19). The van der Waals surface area contributed by atoms with Gasteiger partial charge in [0.25, 0.3) is 0 Å². The van der Waals surface area contributed by atoms with E-state index < -0.39 is 5.97 Å². The highest BCUT2D eigenvalue weighted by Gasteiger charge is 2.26. The number of carbonyl (C=O) groups excluding carboxylic acids is 2. The Morgan fingerprint density at radius 3 is 2.86 bits per heavy atom. The van der Waals surface area contributed by atoms with E-state index in [-0.39, 0.29) is 24.1 Å². The molecule has 0 bridgehead atoms. The number of hydrogen-bond donors (Lipinski definition) is 1. The van der Waals surface area contributed by atoms with Gasteiger partial charge in [-0.25, -0.2) is 9.78 Å². The number of hydrogen-bond acceptors (Lipinski definition) is 5. The first-order valence-electron chi connectivity index (χ1n) is 7.10. The summed E-state index contributed by atoms with van der Waals surface area (Å²) in [5.41, 5.74) is 0.939. The van der Waals surface area contributed by atoms with Crippen LogP contribution in [0.5, 0.6) is 0 Å². The van der Waals surface area contributed by atoms with Crippen LogP contribution in [0.15, 0.2) is 34.7 Å². The molecule has 3 rings (SSSR count). The van der Waals surface area contributed by atoms with E-state index in [4.69, 9.17) is 9.15 Å². The van der Waals surface area contributed by atoms with Crippen molar-refractivity contribution in [1.29, 1.82) is 0 Å². The third-order valence-corrected chi connectivity index (χ3v) is 3.48. The number of esters is 1. The van der Waals surface area contributed by atoms with Gasteiger partial charge < -0.3 is 14.5 Å². The van der Waals surface area contributed by atoms with Crippen molar-refractivity contribution in [3.63, 3.8) is 0 Å². The second-order valence-corrected chi connectivity index (χ2v) is 5.25. The van der Waals surface area contributed by atoms with Gasteiger partial charge in [-0.2, -0.15) is 0 Å². The highest BCUT2D eigenvalue weighted by molar-refractivity contribution is 5.93. The Kier molecular flexibility index (Phi) is 3.91. The molecular formula is C16H16N2O4. The summed E-state index contributed by atoms with van der Waals surface area (Å²) in [5.74, 6) is 0.287. The molecule has 1 aliphatic rings. The lowest BCUT2D eigenvalue weighted by Crippen LogP contribution is -2.18. The van der Waals surface area contributed by atoms with Gasteiger partial charge in [0.05, 0.1) is 6.61 Å². The molecule has 1 atom stereocenters. The second-order valence-electron chi connectivity index (χ2n) is 5.25. The maximum absolute atomic E-state index is 12.2. The number of benzene rings is 1. The minimum atomic E-state index is -0.532. The first kappa shape index (κ1) is 14.3. The smallest absolute Gasteiger partial charge is 0.361 e. The zero-order chi connectivity index (χ0) is 15.5. The molecule has 1 aromatic carbocycles. The summed E-state index contributed by atoms with van der Waals surface area (Å²) >= 11 is 0. The minimum absolute atomic E-state index is 0.0108. The lowest BCUT2D eigenvalue weighted by Gasteiger charge is -2.08. The average Bonchev–Trinajstić information content (AvgIpc) is 3.11. The van der Waals surface area contributed by atoms with Gasteiger partial charge in [0.1, 0.15) is 0 Å². The molecule has 22 heavy (non-hydrogen) atoms. The van der Waals surface area contributed by atoms with E-state index in [2.05, 4.69) is 10.3 Å². The zero-order valence-corrected chi connectivity index (χ0v) is 12.2. The Morgan fingerprint density at radius 2 is 2.18 bits per heavy atom. The van der Waals surface area contributed by atoms with Gasteiger partial charge in [-0.15, -0.1) is 0 Å². The van der Waals surface area contributed by atoms with Crippen molar-refractivity contribution in [3.8, 4) is 11.3 Å². The van der Waals surface area contributed by atoms with Crippen molar-refractivity contribution < 1.29 is 18.7 Å². The Labute approximate surface area is 127 Å². The molecule has 114 valence electrons. The Morgan fingerprint density at radius 1 is 1.41 bits per heavy atom. The molecule has 1 aliphatic heterocycles. The van der Waals surface area contributed by atoms with Crippen LogP contribution in [0.4, 0.5) is 0 Å². The summed E-state index contributed by atoms with van der Waals surface area (Å²) < 4.78 is 10.8. The Bertz CT molecular complexity index is 693. The number of amides is 1. The largest absolute Gasteiger partial charge is 0.460 e. The van der Waals surface area contributed by atoms with Gasteiger partial charge in [0.15, 0.2) is 17.3 Å². The van der Waals surface area contributed by atoms with Crippen LogP contribution in [0.2, 0.25) is 0 Å². The molecule has 1 amide bonds. The minimum Gasteiger partial charge on any atom is -0.460 e. The number of ether oxygens (including phenoxy) is 1. The van der Waals surface area contributed by atoms with Crippen LogP contribution in [0.25, 0.3) is 11.3 Å². The van der Waals surface area contributed by atoms with E-state index in [1.165, 1.54) is 0 Å². The molecule has 1 aromatic heterocycles. The molecular weight excluding hydrogens is 284 g/mol. The molecule has 2 aromatic rings. The SMILES string of the molecule is Cc1nc(C(=O)OCC2CNC(=O)C2)c(-c2ccccc2)o1. The van der Waals surface area contributed by atoms with E-state index in [1.807, 2.05) is 30.3 Å². The molecule has 0 saturated carbocycles. The topological polar surface area (TPSA) is 81.4 Å². The fourth-order valence-electron chi connectivity index (χ4n) is 2.40. The average molecular weight is 300 g/mol. The summed E-state index contributed by atoms with van der Waals surface area (Å²) in [6.45, 7) is 2.41. The molecule has 6 nitrogen and oxygen atoms in total. The maximum atomic E-state index is 12.2. The molecule has 1 fully saturated rings. The van der Waals surface area contributed by atoms with Crippen molar-refractivity contribution in [2.24, 2.45) is 5.92 Å². The first-order chi connectivity index (χ1) is 10.6. The number of aryl methyl sites for hydroxylation is 1. The number of nitrogens with one attached hydrogen (secondary N) is 1. The quantitative estimate of drug-likeness (QED) is 0.873. The monoisotopic (exact) mass is 300 g/mol. The predicted octanol–water partition coefficient (Wildman–Crippen LogP) is 1.94. The number of oxazole rings is 1. The summed E-state index contributed by atoms with van der Waals surface area (Å²) in [7, 11) is 0.